The SMILES string of the molecule is Cc1ncc(S(=O)(=O)N(C)[C@H]2CNC[C@@H]2O)[nH]1. The predicted molar refractivity (Wildman–Crippen MR) is 60.9 cm³/mol. The van der Waals surface area contributed by atoms with Gasteiger partial charge in [-0.25, -0.2) is 13.4 Å². The molecule has 3 N–H and O–H groups in total. The summed E-state index contributed by atoms with van der Waals surface area (Å²) in [6.07, 6.45) is 0.606. The molecule has 1 aromatic rings. The van der Waals surface area contributed by atoms with Gasteiger partial charge >= 0.3 is 0 Å². The molecule has 0 saturated carbocycles. The van der Waals surface area contributed by atoms with E-state index in [1.54, 1.807) is 6.92 Å². The van der Waals surface area contributed by atoms with Crippen LogP contribution in [0.2, 0.25) is 0 Å². The molecule has 0 radical (unpaired) electrons. The molecule has 0 aliphatic carbocycles. The van der Waals surface area contributed by atoms with Crippen LogP contribution in [0.25, 0.3) is 0 Å². The molecule has 0 aromatic carbocycles. The summed E-state index contributed by atoms with van der Waals surface area (Å²) in [5.74, 6) is 0.544. The molecule has 0 bridgehead atoms. The first kappa shape index (κ1) is 12.5. The number of aliphatic hydroxyl groups excluding tert-OH is 1. The lowest BCUT2D eigenvalue weighted by Crippen LogP contribution is -2.44. The van der Waals surface area contributed by atoms with Gasteiger partial charge < -0.3 is 15.4 Å². The van der Waals surface area contributed by atoms with Crippen molar-refractivity contribution in [1.82, 2.24) is 19.6 Å². The van der Waals surface area contributed by atoms with Crippen LogP contribution in [-0.4, -0.2) is 60.1 Å². The number of sulfonamides is 1. The number of aliphatic hydroxyl groups is 1. The van der Waals surface area contributed by atoms with Crippen molar-refractivity contribution < 1.29 is 13.5 Å². The Morgan fingerprint density at radius 2 is 2.24 bits per heavy atom. The van der Waals surface area contributed by atoms with Gasteiger partial charge in [-0.1, -0.05) is 0 Å². The van der Waals surface area contributed by atoms with Crippen molar-refractivity contribution in [3.8, 4) is 0 Å². The number of nitrogens with zero attached hydrogens (tertiary/aromatic N) is 2. The van der Waals surface area contributed by atoms with E-state index in [4.69, 9.17) is 0 Å². The summed E-state index contributed by atoms with van der Waals surface area (Å²) in [4.78, 5) is 6.56. The number of rotatable bonds is 3. The molecule has 8 heteroatoms. The lowest BCUT2D eigenvalue weighted by molar-refractivity contribution is 0.136. The highest BCUT2D eigenvalue weighted by molar-refractivity contribution is 7.89. The number of aromatic nitrogens is 2. The number of hydrogen-bond acceptors (Lipinski definition) is 5. The summed E-state index contributed by atoms with van der Waals surface area (Å²) in [6, 6.07) is -0.441. The zero-order valence-electron chi connectivity index (χ0n) is 9.71. The minimum Gasteiger partial charge on any atom is -0.390 e. The summed E-state index contributed by atoms with van der Waals surface area (Å²) < 4.78 is 25.6. The normalized spacial score (nSPS) is 25.6. The Balaban J connectivity index is 2.26. The highest BCUT2D eigenvalue weighted by Gasteiger charge is 2.36. The second-order valence-corrected chi connectivity index (χ2v) is 6.11. The van der Waals surface area contributed by atoms with Crippen molar-refractivity contribution >= 4 is 10.0 Å². The molecule has 2 rings (SSSR count). The number of H-pyrrole nitrogens is 1. The third kappa shape index (κ3) is 2.21. The summed E-state index contributed by atoms with van der Waals surface area (Å²) in [5.41, 5.74) is 0. The third-order valence-electron chi connectivity index (χ3n) is 2.95. The van der Waals surface area contributed by atoms with E-state index in [9.17, 15) is 13.5 Å². The molecule has 1 saturated heterocycles. The maximum atomic E-state index is 12.2. The van der Waals surface area contributed by atoms with Crippen molar-refractivity contribution in [3.05, 3.63) is 12.0 Å². The van der Waals surface area contributed by atoms with Crippen molar-refractivity contribution in [2.45, 2.75) is 24.1 Å². The number of nitrogens with one attached hydrogen (secondary N) is 2. The van der Waals surface area contributed by atoms with Crippen LogP contribution in [-0.2, 0) is 10.0 Å². The maximum absolute atomic E-state index is 12.2. The van der Waals surface area contributed by atoms with Crippen LogP contribution in [0.15, 0.2) is 11.2 Å². The van der Waals surface area contributed by atoms with Gasteiger partial charge in [-0.15, -0.1) is 0 Å². The van der Waals surface area contributed by atoms with Crippen LogP contribution in [0, 0.1) is 6.92 Å². The van der Waals surface area contributed by atoms with E-state index >= 15 is 0 Å². The minimum absolute atomic E-state index is 0.0524. The molecule has 17 heavy (non-hydrogen) atoms. The number of β-amino-alcohol motifs (C(OH)–C–C–N with tert-alkyl or cyclic N) is 1. The van der Waals surface area contributed by atoms with Gasteiger partial charge in [0.2, 0.25) is 0 Å². The standard InChI is InChI=1S/C9H16N4O3S/c1-6-11-5-9(12-6)17(15,16)13(2)7-3-10-4-8(7)14/h5,7-8,10,14H,3-4H2,1-2H3,(H,11,12)/t7-,8-/m0/s1. The Hall–Kier alpha value is -0.960. The Morgan fingerprint density at radius 3 is 2.71 bits per heavy atom. The van der Waals surface area contributed by atoms with Gasteiger partial charge in [0.1, 0.15) is 5.82 Å². The lowest BCUT2D eigenvalue weighted by atomic mass is 10.2. The first-order valence-electron chi connectivity index (χ1n) is 5.31. The second kappa shape index (κ2) is 4.37. The molecule has 1 fully saturated rings. The Labute approximate surface area is 99.9 Å². The summed E-state index contributed by atoms with van der Waals surface area (Å²) >= 11 is 0. The van der Waals surface area contributed by atoms with Crippen molar-refractivity contribution in [2.24, 2.45) is 0 Å². The van der Waals surface area contributed by atoms with Crippen LogP contribution in [0.3, 0.4) is 0 Å². The van der Waals surface area contributed by atoms with Crippen molar-refractivity contribution in [2.75, 3.05) is 20.1 Å². The van der Waals surface area contributed by atoms with Crippen LogP contribution >= 0.6 is 0 Å². The first-order chi connectivity index (χ1) is 7.93. The Bertz CT molecular complexity index is 498. The summed E-state index contributed by atoms with van der Waals surface area (Å²) in [5, 5.41) is 12.7. The number of aromatic amines is 1. The van der Waals surface area contributed by atoms with Gasteiger partial charge in [0.15, 0.2) is 5.03 Å². The highest BCUT2D eigenvalue weighted by atomic mass is 32.2. The molecule has 7 nitrogen and oxygen atoms in total. The van der Waals surface area contributed by atoms with Gasteiger partial charge in [-0.3, -0.25) is 0 Å². The average molecular weight is 260 g/mol. The molecule has 1 aromatic heterocycles. The third-order valence-corrected chi connectivity index (χ3v) is 4.75. The smallest absolute Gasteiger partial charge is 0.260 e. The van der Waals surface area contributed by atoms with Gasteiger partial charge in [0.25, 0.3) is 10.0 Å². The van der Waals surface area contributed by atoms with Crippen LogP contribution < -0.4 is 5.32 Å². The molecule has 0 spiro atoms. The topological polar surface area (TPSA) is 98.3 Å². The first-order valence-corrected chi connectivity index (χ1v) is 6.75. The van der Waals surface area contributed by atoms with E-state index in [0.717, 1.165) is 0 Å². The summed E-state index contributed by atoms with van der Waals surface area (Å²) in [7, 11) is -2.15. The fraction of sp³-hybridized carbons (Fsp3) is 0.667. The average Bonchev–Trinajstić information content (AvgIpc) is 2.86. The zero-order chi connectivity index (χ0) is 12.6. The van der Waals surface area contributed by atoms with Crippen LogP contribution in [0.4, 0.5) is 0 Å². The number of aryl methyl sites for hydroxylation is 1. The van der Waals surface area contributed by atoms with Crippen molar-refractivity contribution in [3.63, 3.8) is 0 Å². The number of likely N-dealkylation sites (N-methyl/N-ethyl adjacent to an activating group) is 1. The van der Waals surface area contributed by atoms with Crippen molar-refractivity contribution in [1.29, 1.82) is 0 Å². The van der Waals surface area contributed by atoms with Crippen LogP contribution in [0.5, 0.6) is 0 Å². The minimum atomic E-state index is -3.62. The molecule has 0 amide bonds. The maximum Gasteiger partial charge on any atom is 0.260 e. The van der Waals surface area contributed by atoms with E-state index < -0.39 is 22.2 Å². The quantitative estimate of drug-likeness (QED) is 0.625. The lowest BCUT2D eigenvalue weighted by Gasteiger charge is -2.24. The van der Waals surface area contributed by atoms with Gasteiger partial charge in [-0.05, 0) is 6.92 Å². The largest absolute Gasteiger partial charge is 0.390 e. The Morgan fingerprint density at radius 1 is 1.53 bits per heavy atom. The van der Waals surface area contributed by atoms with E-state index in [-0.39, 0.29) is 5.03 Å². The zero-order valence-corrected chi connectivity index (χ0v) is 10.5. The molecule has 2 heterocycles. The van der Waals surface area contributed by atoms with Gasteiger partial charge in [-0.2, -0.15) is 4.31 Å². The number of hydrogen-bond donors (Lipinski definition) is 3. The van der Waals surface area contributed by atoms with E-state index in [1.807, 2.05) is 0 Å². The molecule has 1 aliphatic rings. The second-order valence-electron chi connectivity index (χ2n) is 4.15. The fourth-order valence-electron chi connectivity index (χ4n) is 1.88. The molecular weight excluding hydrogens is 244 g/mol. The summed E-state index contributed by atoms with van der Waals surface area (Å²) in [6.45, 7) is 2.54. The molecule has 1 aliphatic heterocycles. The molecule has 96 valence electrons. The predicted octanol–water partition coefficient (Wildman–Crippen LogP) is -1.33. The van der Waals surface area contributed by atoms with Gasteiger partial charge in [0.05, 0.1) is 18.3 Å². The Kier molecular flexibility index (Phi) is 3.21. The molecule has 2 atom stereocenters. The van der Waals surface area contributed by atoms with Crippen LogP contribution in [0.1, 0.15) is 5.82 Å². The van der Waals surface area contributed by atoms with Gasteiger partial charge in [0, 0.05) is 20.1 Å². The number of imidazole rings is 1. The molecule has 0 unspecified atom stereocenters. The van der Waals surface area contributed by atoms with E-state index in [2.05, 4.69) is 15.3 Å². The monoisotopic (exact) mass is 260 g/mol. The van der Waals surface area contributed by atoms with E-state index in [0.29, 0.717) is 18.9 Å². The fourth-order valence-corrected chi connectivity index (χ4v) is 3.23. The highest BCUT2D eigenvalue weighted by Crippen LogP contribution is 2.17. The molecular formula is C9H16N4O3S. The van der Waals surface area contributed by atoms with E-state index in [1.165, 1.54) is 17.5 Å².